The minimum Gasteiger partial charge on any atom is -0.444 e. The summed E-state index contributed by atoms with van der Waals surface area (Å²) in [6.45, 7) is 8.21. The van der Waals surface area contributed by atoms with Crippen LogP contribution in [-0.4, -0.2) is 62.3 Å². The highest BCUT2D eigenvalue weighted by molar-refractivity contribution is 9.10. The van der Waals surface area contributed by atoms with Gasteiger partial charge in [-0.3, -0.25) is 9.36 Å². The Balaban J connectivity index is 1.31. The van der Waals surface area contributed by atoms with Crippen LogP contribution in [0.3, 0.4) is 0 Å². The number of hydrogen-bond donors (Lipinski definition) is 1. The summed E-state index contributed by atoms with van der Waals surface area (Å²) in [5.74, 6) is 1.00. The van der Waals surface area contributed by atoms with Crippen LogP contribution in [0.5, 0.6) is 0 Å². The normalized spacial score (nSPS) is 16.6. The molecule has 1 saturated heterocycles. The minimum absolute atomic E-state index is 0.0530. The molecule has 1 saturated carbocycles. The Hall–Kier alpha value is -2.73. The highest BCUT2D eigenvalue weighted by atomic mass is 79.9. The van der Waals surface area contributed by atoms with Crippen LogP contribution in [0.25, 0.3) is 11.0 Å². The molecule has 1 N–H and O–H groups in total. The minimum atomic E-state index is -0.503. The van der Waals surface area contributed by atoms with Crippen molar-refractivity contribution in [3.8, 4) is 0 Å². The van der Waals surface area contributed by atoms with Crippen LogP contribution in [0.4, 0.5) is 22.2 Å². The van der Waals surface area contributed by atoms with Crippen molar-refractivity contribution in [2.45, 2.75) is 63.4 Å². The molecule has 1 aliphatic carbocycles. The SMILES string of the molecule is CC(C)(C)OC(=O)N1CCN(c2ccc(Nc3ncc4c(CBr)c(Br)c(=O)n(C5CCCC5)c4n3)nc2)CC1. The molecule has 0 aromatic carbocycles. The highest BCUT2D eigenvalue weighted by Crippen LogP contribution is 2.33. The van der Waals surface area contributed by atoms with Gasteiger partial charge in [-0.25, -0.2) is 14.8 Å². The van der Waals surface area contributed by atoms with Crippen LogP contribution in [0.2, 0.25) is 0 Å². The Morgan fingerprint density at radius 2 is 1.82 bits per heavy atom. The van der Waals surface area contributed by atoms with E-state index in [4.69, 9.17) is 9.72 Å². The van der Waals surface area contributed by atoms with Crippen molar-refractivity contribution in [2.24, 2.45) is 0 Å². The molecule has 5 rings (SSSR count). The van der Waals surface area contributed by atoms with E-state index < -0.39 is 5.60 Å². The summed E-state index contributed by atoms with van der Waals surface area (Å²) >= 11 is 7.04. The van der Waals surface area contributed by atoms with Gasteiger partial charge in [0.1, 0.15) is 17.1 Å². The Kier molecular flexibility index (Phi) is 8.14. The molecule has 0 spiro atoms. The maximum atomic E-state index is 13.3. The largest absolute Gasteiger partial charge is 0.444 e. The molecule has 0 atom stereocenters. The van der Waals surface area contributed by atoms with Gasteiger partial charge >= 0.3 is 6.09 Å². The number of fused-ring (bicyclic) bond motifs is 1. The van der Waals surface area contributed by atoms with E-state index in [2.05, 4.69) is 52.0 Å². The van der Waals surface area contributed by atoms with Crippen LogP contribution in [0, 0.1) is 0 Å². The van der Waals surface area contributed by atoms with Crippen molar-refractivity contribution < 1.29 is 9.53 Å². The first kappa shape index (κ1) is 27.8. The number of ether oxygens (including phenoxy) is 1. The standard InChI is InChI=1S/C27H33Br2N7O3/c1-27(2,3)39-26(38)35-12-10-34(11-13-35)18-8-9-21(30-15-18)32-25-31-16-20-19(14-28)22(29)24(37)36(23(20)33-25)17-6-4-5-7-17/h8-9,15-17H,4-7,10-14H2,1-3H3,(H,30,31,32,33). The highest BCUT2D eigenvalue weighted by Gasteiger charge is 2.27. The smallest absolute Gasteiger partial charge is 0.410 e. The molecule has 208 valence electrons. The molecule has 4 heterocycles. The van der Waals surface area contributed by atoms with E-state index in [0.717, 1.165) is 42.3 Å². The van der Waals surface area contributed by atoms with Gasteiger partial charge in [0.15, 0.2) is 0 Å². The molecule has 2 aliphatic rings. The van der Waals surface area contributed by atoms with Gasteiger partial charge in [-0.2, -0.15) is 4.98 Å². The fourth-order valence-electron chi connectivity index (χ4n) is 5.15. The molecule has 0 bridgehead atoms. The number of halogens is 2. The van der Waals surface area contributed by atoms with E-state index in [1.54, 1.807) is 17.3 Å². The summed E-state index contributed by atoms with van der Waals surface area (Å²) in [7, 11) is 0. The third-order valence-electron chi connectivity index (χ3n) is 7.10. The van der Waals surface area contributed by atoms with Crippen molar-refractivity contribution in [3.63, 3.8) is 0 Å². The molecule has 3 aromatic rings. The number of piperazine rings is 1. The topological polar surface area (TPSA) is 105 Å². The number of amides is 1. The monoisotopic (exact) mass is 661 g/mol. The Morgan fingerprint density at radius 3 is 2.44 bits per heavy atom. The fraction of sp³-hybridized carbons (Fsp3) is 0.519. The van der Waals surface area contributed by atoms with Crippen LogP contribution in [-0.2, 0) is 10.1 Å². The van der Waals surface area contributed by atoms with Crippen molar-refractivity contribution in [2.75, 3.05) is 36.4 Å². The lowest BCUT2D eigenvalue weighted by Crippen LogP contribution is -2.50. The second-order valence-electron chi connectivity index (χ2n) is 11.0. The predicted molar refractivity (Wildman–Crippen MR) is 159 cm³/mol. The van der Waals surface area contributed by atoms with Crippen LogP contribution >= 0.6 is 31.9 Å². The first-order valence-corrected chi connectivity index (χ1v) is 15.2. The van der Waals surface area contributed by atoms with Crippen LogP contribution in [0.15, 0.2) is 33.8 Å². The van der Waals surface area contributed by atoms with Gasteiger partial charge in [-0.05, 0) is 67.2 Å². The average molecular weight is 663 g/mol. The number of anilines is 3. The number of nitrogens with one attached hydrogen (secondary N) is 1. The van der Waals surface area contributed by atoms with Gasteiger partial charge in [0.05, 0.1) is 16.4 Å². The summed E-state index contributed by atoms with van der Waals surface area (Å²) < 4.78 is 7.89. The zero-order valence-corrected chi connectivity index (χ0v) is 25.6. The number of nitrogens with zero attached hydrogens (tertiary/aromatic N) is 6. The summed E-state index contributed by atoms with van der Waals surface area (Å²) in [6, 6.07) is 4.02. The molecule has 0 unspecified atom stereocenters. The van der Waals surface area contributed by atoms with E-state index in [-0.39, 0.29) is 17.7 Å². The van der Waals surface area contributed by atoms with Gasteiger partial charge < -0.3 is 19.9 Å². The number of aromatic nitrogens is 4. The number of pyridine rings is 2. The van der Waals surface area contributed by atoms with E-state index in [0.29, 0.717) is 53.4 Å². The molecule has 3 aromatic heterocycles. The molecule has 0 radical (unpaired) electrons. The summed E-state index contributed by atoms with van der Waals surface area (Å²) in [4.78, 5) is 43.5. The molecular formula is C27H33Br2N7O3. The lowest BCUT2D eigenvalue weighted by molar-refractivity contribution is 0.0240. The van der Waals surface area contributed by atoms with Gasteiger partial charge in [-0.1, -0.05) is 28.8 Å². The molecule has 1 amide bonds. The van der Waals surface area contributed by atoms with Crippen molar-refractivity contribution in [3.05, 3.63) is 44.9 Å². The Labute approximate surface area is 244 Å². The first-order chi connectivity index (χ1) is 18.6. The quantitative estimate of drug-likeness (QED) is 0.344. The van der Waals surface area contributed by atoms with Crippen LogP contribution in [0.1, 0.15) is 58.1 Å². The Morgan fingerprint density at radius 1 is 1.10 bits per heavy atom. The van der Waals surface area contributed by atoms with E-state index in [1.807, 2.05) is 37.5 Å². The molecule has 12 heteroatoms. The number of alkyl halides is 1. The number of rotatable bonds is 5. The summed E-state index contributed by atoms with van der Waals surface area (Å²) in [6.07, 6.45) is 7.46. The third kappa shape index (κ3) is 6.06. The number of hydrogen-bond acceptors (Lipinski definition) is 8. The lowest BCUT2D eigenvalue weighted by Gasteiger charge is -2.36. The zero-order chi connectivity index (χ0) is 27.7. The van der Waals surface area contributed by atoms with Crippen LogP contribution < -0.4 is 15.8 Å². The van der Waals surface area contributed by atoms with Gasteiger partial charge in [0.25, 0.3) is 5.56 Å². The van der Waals surface area contributed by atoms with Gasteiger partial charge in [0, 0.05) is 49.1 Å². The summed E-state index contributed by atoms with van der Waals surface area (Å²) in [5.41, 5.74) is 1.91. The molecule has 39 heavy (non-hydrogen) atoms. The predicted octanol–water partition coefficient (Wildman–Crippen LogP) is 5.76. The van der Waals surface area contributed by atoms with E-state index >= 15 is 0 Å². The molecular weight excluding hydrogens is 630 g/mol. The van der Waals surface area contributed by atoms with Crippen molar-refractivity contribution in [1.29, 1.82) is 0 Å². The first-order valence-electron chi connectivity index (χ1n) is 13.3. The number of carbonyl (C=O) groups is 1. The maximum Gasteiger partial charge on any atom is 0.410 e. The van der Waals surface area contributed by atoms with Crippen molar-refractivity contribution >= 4 is 66.4 Å². The van der Waals surface area contributed by atoms with Gasteiger partial charge in [-0.15, -0.1) is 0 Å². The molecule has 2 fully saturated rings. The molecule has 10 nitrogen and oxygen atoms in total. The molecule has 1 aliphatic heterocycles. The zero-order valence-electron chi connectivity index (χ0n) is 22.4. The third-order valence-corrected chi connectivity index (χ3v) is 8.48. The second kappa shape index (κ2) is 11.4. The summed E-state index contributed by atoms with van der Waals surface area (Å²) in [5, 5.41) is 4.57. The Bertz CT molecular complexity index is 1410. The van der Waals surface area contributed by atoms with E-state index in [1.165, 1.54) is 0 Å². The maximum absolute atomic E-state index is 13.3. The number of carbonyl (C=O) groups excluding carboxylic acids is 1. The lowest BCUT2D eigenvalue weighted by atomic mass is 10.1. The van der Waals surface area contributed by atoms with E-state index in [9.17, 15) is 9.59 Å². The fourth-order valence-corrected chi connectivity index (χ4v) is 6.65. The van der Waals surface area contributed by atoms with Crippen molar-refractivity contribution in [1.82, 2.24) is 24.4 Å². The second-order valence-corrected chi connectivity index (χ2v) is 12.3. The average Bonchev–Trinajstić information content (AvgIpc) is 3.44. The van der Waals surface area contributed by atoms with Gasteiger partial charge in [0.2, 0.25) is 5.95 Å².